The molecule has 12 nitrogen and oxygen atoms in total. The highest BCUT2D eigenvalue weighted by Crippen LogP contribution is 2.40. The lowest BCUT2D eigenvalue weighted by Crippen LogP contribution is -2.41. The molecule has 0 radical (unpaired) electrons. The SMILES string of the molecule is CN(CCN(C)CCN1C(=O)c2nc(-c3ccccc3)c3[nH]c4ccccc4c3c2C1=O)CCN1C(=O)c2nc(-c3ccccc3)c3[nH]c4ccccc4c3c2C1=O. The van der Waals surface area contributed by atoms with Gasteiger partial charge >= 0.3 is 0 Å². The van der Waals surface area contributed by atoms with Gasteiger partial charge in [-0.25, -0.2) is 9.97 Å². The lowest BCUT2D eigenvalue weighted by molar-refractivity contribution is 0.0615. The third-order valence-electron chi connectivity index (χ3n) is 11.5. The van der Waals surface area contributed by atoms with E-state index in [0.717, 1.165) is 44.0 Å². The van der Waals surface area contributed by atoms with Gasteiger partial charge in [-0.15, -0.1) is 0 Å². The van der Waals surface area contributed by atoms with Crippen LogP contribution in [0.4, 0.5) is 0 Å². The number of aromatic nitrogens is 4. The molecule has 0 bridgehead atoms. The summed E-state index contributed by atoms with van der Waals surface area (Å²) in [6.07, 6.45) is 0. The van der Waals surface area contributed by atoms with Gasteiger partial charge in [0.25, 0.3) is 23.6 Å². The number of amides is 4. The second-order valence-electron chi connectivity index (χ2n) is 15.1. The number of pyridine rings is 2. The van der Waals surface area contributed by atoms with Gasteiger partial charge in [-0.05, 0) is 26.2 Å². The van der Waals surface area contributed by atoms with Gasteiger partial charge in [-0.2, -0.15) is 0 Å². The Morgan fingerprint density at radius 2 is 0.845 bits per heavy atom. The molecule has 6 heterocycles. The number of imide groups is 2. The monoisotopic (exact) mass is 766 g/mol. The Morgan fingerprint density at radius 3 is 1.26 bits per heavy atom. The van der Waals surface area contributed by atoms with Crippen LogP contribution in [0.1, 0.15) is 41.7 Å². The number of H-pyrrole nitrogens is 2. The molecular weight excluding hydrogens is 729 g/mol. The maximum absolute atomic E-state index is 14.0. The highest BCUT2D eigenvalue weighted by Gasteiger charge is 2.42. The largest absolute Gasteiger partial charge is 0.353 e. The van der Waals surface area contributed by atoms with Crippen LogP contribution < -0.4 is 0 Å². The average Bonchev–Trinajstić information content (AvgIpc) is 3.96. The van der Waals surface area contributed by atoms with Gasteiger partial charge in [0.1, 0.15) is 11.4 Å². The zero-order chi connectivity index (χ0) is 39.7. The van der Waals surface area contributed by atoms with Gasteiger partial charge in [-0.3, -0.25) is 29.0 Å². The van der Waals surface area contributed by atoms with Gasteiger partial charge in [0, 0.05) is 83.0 Å². The first-order chi connectivity index (χ1) is 28.3. The zero-order valence-corrected chi connectivity index (χ0v) is 32.0. The van der Waals surface area contributed by atoms with E-state index in [2.05, 4.69) is 19.8 Å². The molecule has 2 N–H and O–H groups in total. The Bertz CT molecular complexity index is 2790. The summed E-state index contributed by atoms with van der Waals surface area (Å²) in [5, 5.41) is 3.17. The van der Waals surface area contributed by atoms with Crippen LogP contribution in [-0.4, -0.2) is 117 Å². The summed E-state index contributed by atoms with van der Waals surface area (Å²) in [4.78, 5) is 79.0. The van der Waals surface area contributed by atoms with Gasteiger partial charge in [-0.1, -0.05) is 97.1 Å². The first-order valence-electron chi connectivity index (χ1n) is 19.4. The van der Waals surface area contributed by atoms with E-state index in [1.165, 1.54) is 9.80 Å². The fourth-order valence-electron chi connectivity index (χ4n) is 8.40. The molecule has 0 fully saturated rings. The number of benzene rings is 4. The highest BCUT2D eigenvalue weighted by molar-refractivity contribution is 6.31. The van der Waals surface area contributed by atoms with Crippen molar-refractivity contribution in [2.75, 3.05) is 53.4 Å². The normalized spacial score (nSPS) is 14.1. The molecule has 0 atom stereocenters. The number of nitrogens with zero attached hydrogens (tertiary/aromatic N) is 6. The molecule has 4 amide bonds. The van der Waals surface area contributed by atoms with E-state index < -0.39 is 11.8 Å². The van der Waals surface area contributed by atoms with Gasteiger partial charge in [0.15, 0.2) is 0 Å². The van der Waals surface area contributed by atoms with Crippen LogP contribution in [-0.2, 0) is 0 Å². The Balaban J connectivity index is 0.815. The summed E-state index contributed by atoms with van der Waals surface area (Å²) >= 11 is 0. The second kappa shape index (κ2) is 13.9. The molecule has 0 saturated heterocycles. The quantitative estimate of drug-likeness (QED) is 0.137. The van der Waals surface area contributed by atoms with Crippen molar-refractivity contribution in [2.45, 2.75) is 0 Å². The zero-order valence-electron chi connectivity index (χ0n) is 32.0. The Hall–Kier alpha value is -7.02. The predicted molar refractivity (Wildman–Crippen MR) is 224 cm³/mol. The smallest absolute Gasteiger partial charge is 0.280 e. The molecule has 2 aliphatic heterocycles. The number of nitrogens with one attached hydrogen (secondary N) is 2. The highest BCUT2D eigenvalue weighted by atomic mass is 16.2. The number of aromatic amines is 2. The fraction of sp³-hybridized carbons (Fsp3) is 0.174. The van der Waals surface area contributed by atoms with Crippen LogP contribution in [0.2, 0.25) is 0 Å². The van der Waals surface area contributed by atoms with E-state index in [0.29, 0.717) is 59.5 Å². The number of fused-ring (bicyclic) bond motifs is 10. The van der Waals surface area contributed by atoms with Crippen LogP contribution in [0.3, 0.4) is 0 Å². The molecule has 0 saturated carbocycles. The first-order valence-corrected chi connectivity index (χ1v) is 19.4. The van der Waals surface area contributed by atoms with Crippen molar-refractivity contribution in [1.29, 1.82) is 0 Å². The summed E-state index contributed by atoms with van der Waals surface area (Å²) in [5.74, 6) is -1.48. The van der Waals surface area contributed by atoms with Crippen LogP contribution in [0.15, 0.2) is 109 Å². The Morgan fingerprint density at radius 1 is 0.466 bits per heavy atom. The van der Waals surface area contributed by atoms with E-state index in [1.807, 2.05) is 123 Å². The van der Waals surface area contributed by atoms with Crippen molar-refractivity contribution in [2.24, 2.45) is 0 Å². The summed E-state index contributed by atoms with van der Waals surface area (Å²) in [6, 6.07) is 34.9. The third-order valence-corrected chi connectivity index (χ3v) is 11.5. The number of para-hydroxylation sites is 2. The van der Waals surface area contributed by atoms with E-state index in [1.54, 1.807) is 0 Å². The minimum Gasteiger partial charge on any atom is -0.353 e. The van der Waals surface area contributed by atoms with Crippen LogP contribution in [0, 0.1) is 0 Å². The van der Waals surface area contributed by atoms with Crippen LogP contribution in [0.25, 0.3) is 66.1 Å². The van der Waals surface area contributed by atoms with E-state index in [9.17, 15) is 19.2 Å². The standard InChI is InChI=1S/C46H38N8O4/c1-51(23-25-53-43(55)35-33-29-17-9-11-19-31(29)47-39(33)37(49-41(35)45(53)57)27-13-5-3-6-14-27)21-22-52(2)24-26-54-44(56)36-34-30-18-10-12-20-32(30)48-40(34)38(50-42(36)46(54)58)28-15-7-4-8-16-28/h3-20,47-48H,21-26H2,1-2H3. The molecule has 0 unspecified atom stereocenters. The molecule has 8 aromatic rings. The first kappa shape index (κ1) is 35.4. The summed E-state index contributed by atoms with van der Waals surface area (Å²) in [5.41, 5.74) is 7.21. The Labute approximate surface area is 332 Å². The van der Waals surface area contributed by atoms with Crippen molar-refractivity contribution in [3.63, 3.8) is 0 Å². The predicted octanol–water partition coefficient (Wildman–Crippen LogP) is 6.84. The van der Waals surface area contributed by atoms with Crippen molar-refractivity contribution in [3.8, 4) is 22.5 Å². The molecule has 0 spiro atoms. The number of carbonyl (C=O) groups excluding carboxylic acids is 4. The van der Waals surface area contributed by atoms with Gasteiger partial charge in [0.05, 0.1) is 33.5 Å². The number of rotatable bonds is 11. The molecule has 0 aliphatic carbocycles. The summed E-state index contributed by atoms with van der Waals surface area (Å²) in [7, 11) is 3.89. The Kier molecular flexibility index (Phi) is 8.46. The van der Waals surface area contributed by atoms with Gasteiger partial charge in [0.2, 0.25) is 0 Å². The summed E-state index contributed by atoms with van der Waals surface area (Å²) < 4.78 is 0. The molecule has 2 aliphatic rings. The molecule has 286 valence electrons. The number of carbonyl (C=O) groups is 4. The number of hydrogen-bond donors (Lipinski definition) is 2. The lowest BCUT2D eigenvalue weighted by atomic mass is 10.0. The molecular formula is C46H38N8O4. The van der Waals surface area contributed by atoms with Crippen molar-refractivity contribution in [1.82, 2.24) is 39.5 Å². The summed E-state index contributed by atoms with van der Waals surface area (Å²) in [6.45, 7) is 2.57. The molecule has 58 heavy (non-hydrogen) atoms. The second-order valence-corrected chi connectivity index (χ2v) is 15.1. The van der Waals surface area contributed by atoms with E-state index >= 15 is 0 Å². The molecule has 4 aromatic carbocycles. The lowest BCUT2D eigenvalue weighted by Gasteiger charge is -2.24. The van der Waals surface area contributed by atoms with Crippen molar-refractivity contribution in [3.05, 3.63) is 132 Å². The third kappa shape index (κ3) is 5.59. The fourth-order valence-corrected chi connectivity index (χ4v) is 8.40. The maximum atomic E-state index is 14.0. The minimum atomic E-state index is -0.397. The van der Waals surface area contributed by atoms with Crippen LogP contribution >= 0.6 is 0 Å². The van der Waals surface area contributed by atoms with E-state index in [-0.39, 0.29) is 36.3 Å². The van der Waals surface area contributed by atoms with Crippen LogP contribution in [0.5, 0.6) is 0 Å². The number of hydrogen-bond acceptors (Lipinski definition) is 8. The topological polar surface area (TPSA) is 139 Å². The van der Waals surface area contributed by atoms with Gasteiger partial charge < -0.3 is 19.8 Å². The van der Waals surface area contributed by atoms with Crippen molar-refractivity contribution >= 4 is 67.2 Å². The molecule has 4 aromatic heterocycles. The van der Waals surface area contributed by atoms with Crippen molar-refractivity contribution < 1.29 is 19.2 Å². The number of likely N-dealkylation sites (N-methyl/N-ethyl adjacent to an activating group) is 2. The minimum absolute atomic E-state index is 0.175. The maximum Gasteiger partial charge on any atom is 0.280 e. The average molecular weight is 767 g/mol. The van der Waals surface area contributed by atoms with E-state index in [4.69, 9.17) is 9.97 Å². The molecule has 12 heteroatoms. The molecule has 10 rings (SSSR count).